The highest BCUT2D eigenvalue weighted by Crippen LogP contribution is 2.42. The Morgan fingerprint density at radius 1 is 0.774 bits per heavy atom. The van der Waals surface area contributed by atoms with Gasteiger partial charge >= 0.3 is 0 Å². The molecule has 31 heavy (non-hydrogen) atoms. The van der Waals surface area contributed by atoms with Crippen molar-refractivity contribution in [3.8, 4) is 0 Å². The lowest BCUT2D eigenvalue weighted by molar-refractivity contribution is 1.05. The van der Waals surface area contributed by atoms with Gasteiger partial charge < -0.3 is 0 Å². The molecule has 1 atom stereocenters. The topological polar surface area (TPSA) is 15.6 Å². The van der Waals surface area contributed by atoms with Crippen LogP contribution in [-0.2, 0) is 6.42 Å². The lowest BCUT2D eigenvalue weighted by Gasteiger charge is -2.27. The molecule has 0 N–H and O–H groups in total. The summed E-state index contributed by atoms with van der Waals surface area (Å²) in [6, 6.07) is 31.8. The maximum Gasteiger partial charge on any atom is 0.0652 e. The summed E-state index contributed by atoms with van der Waals surface area (Å²) in [4.78, 5) is 0. The number of hydrogen-bond acceptors (Lipinski definition) is 2. The minimum atomic E-state index is 0.154. The van der Waals surface area contributed by atoms with Gasteiger partial charge in [-0.15, -0.1) is 0 Å². The van der Waals surface area contributed by atoms with Crippen LogP contribution in [0.4, 0.5) is 11.4 Å². The molecule has 0 amide bonds. The van der Waals surface area contributed by atoms with Crippen LogP contribution in [0.5, 0.6) is 0 Å². The minimum Gasteiger partial charge on any atom is -0.234 e. The number of allylic oxidation sites excluding steroid dienone is 3. The normalized spacial score (nSPS) is 16.5. The summed E-state index contributed by atoms with van der Waals surface area (Å²) in [5, 5.41) is 9.72. The lowest BCUT2D eigenvalue weighted by atomic mass is 9.77. The highest BCUT2D eigenvalue weighted by atomic mass is 15.5. The number of hydrazone groups is 1. The van der Waals surface area contributed by atoms with Crippen LogP contribution in [0.25, 0.3) is 22.4 Å². The average molecular weight is 399 g/mol. The van der Waals surface area contributed by atoms with Crippen LogP contribution in [-0.4, -0.2) is 6.21 Å². The fraction of sp³-hybridized carbons (Fsp3) is 0.0690. The first-order chi connectivity index (χ1) is 15.4. The third-order valence-electron chi connectivity index (χ3n) is 6.18. The predicted octanol–water partition coefficient (Wildman–Crippen LogP) is 7.25. The quantitative estimate of drug-likeness (QED) is 0.261. The smallest absolute Gasteiger partial charge is 0.0652 e. The van der Waals surface area contributed by atoms with Crippen molar-refractivity contribution in [2.24, 2.45) is 11.0 Å². The molecule has 0 saturated carbocycles. The van der Waals surface area contributed by atoms with E-state index in [0.29, 0.717) is 0 Å². The second kappa shape index (κ2) is 7.41. The summed E-state index contributed by atoms with van der Waals surface area (Å²) < 4.78 is 0. The van der Waals surface area contributed by atoms with E-state index in [4.69, 9.17) is 5.10 Å². The summed E-state index contributed by atoms with van der Waals surface area (Å²) in [7, 11) is 0. The molecule has 0 spiro atoms. The van der Waals surface area contributed by atoms with Crippen molar-refractivity contribution < 1.29 is 0 Å². The molecule has 0 aliphatic heterocycles. The summed E-state index contributed by atoms with van der Waals surface area (Å²) in [5.74, 6) is 0.154. The Hall–Kier alpha value is -3.91. The van der Waals surface area contributed by atoms with E-state index < -0.39 is 0 Å². The van der Waals surface area contributed by atoms with E-state index in [9.17, 15) is 0 Å². The van der Waals surface area contributed by atoms with E-state index in [1.54, 1.807) is 0 Å². The SMILES string of the molecule is C1=CC(/C=N/N(c2ccccc2)c2ccccc2)C2=CCc3cccc4ccc1c2c34. The lowest BCUT2D eigenvalue weighted by Crippen LogP contribution is -2.15. The van der Waals surface area contributed by atoms with E-state index in [1.165, 1.54) is 33.0 Å². The van der Waals surface area contributed by atoms with Crippen molar-refractivity contribution in [3.63, 3.8) is 0 Å². The highest BCUT2D eigenvalue weighted by molar-refractivity contribution is 6.06. The number of anilines is 2. The van der Waals surface area contributed by atoms with E-state index in [-0.39, 0.29) is 5.92 Å². The molecular weight excluding hydrogens is 376 g/mol. The van der Waals surface area contributed by atoms with E-state index in [2.05, 4.69) is 103 Å². The zero-order chi connectivity index (χ0) is 20.6. The molecule has 2 heteroatoms. The fourth-order valence-electron chi connectivity index (χ4n) is 4.72. The molecule has 0 saturated heterocycles. The first-order valence-electron chi connectivity index (χ1n) is 10.8. The van der Waals surface area contributed by atoms with Gasteiger partial charge in [0.2, 0.25) is 0 Å². The first-order valence-corrected chi connectivity index (χ1v) is 10.8. The number of nitrogens with zero attached hydrogens (tertiary/aromatic N) is 2. The Balaban J connectivity index is 1.42. The Bertz CT molecular complexity index is 1310. The molecule has 0 heterocycles. The van der Waals surface area contributed by atoms with Gasteiger partial charge in [-0.3, -0.25) is 0 Å². The molecule has 4 aromatic carbocycles. The number of benzene rings is 4. The van der Waals surface area contributed by atoms with Gasteiger partial charge in [-0.2, -0.15) is 5.10 Å². The Morgan fingerprint density at radius 2 is 1.52 bits per heavy atom. The second-order valence-corrected chi connectivity index (χ2v) is 8.04. The van der Waals surface area contributed by atoms with Crippen LogP contribution in [0, 0.1) is 5.92 Å². The van der Waals surface area contributed by atoms with Crippen molar-refractivity contribution >= 4 is 40.0 Å². The summed E-state index contributed by atoms with van der Waals surface area (Å²) >= 11 is 0. The monoisotopic (exact) mass is 398 g/mol. The molecule has 0 bridgehead atoms. The minimum absolute atomic E-state index is 0.154. The van der Waals surface area contributed by atoms with Crippen LogP contribution in [0.15, 0.2) is 108 Å². The van der Waals surface area contributed by atoms with Gasteiger partial charge in [-0.1, -0.05) is 85.0 Å². The van der Waals surface area contributed by atoms with Gasteiger partial charge in [-0.05, 0) is 63.7 Å². The number of para-hydroxylation sites is 2. The third kappa shape index (κ3) is 3.08. The molecule has 1 unspecified atom stereocenters. The van der Waals surface area contributed by atoms with Gasteiger partial charge in [0.05, 0.1) is 11.4 Å². The van der Waals surface area contributed by atoms with E-state index >= 15 is 0 Å². The zero-order valence-electron chi connectivity index (χ0n) is 17.1. The van der Waals surface area contributed by atoms with Gasteiger partial charge in [0.15, 0.2) is 0 Å². The van der Waals surface area contributed by atoms with Gasteiger partial charge in [-0.25, -0.2) is 5.01 Å². The van der Waals surface area contributed by atoms with Gasteiger partial charge in [0, 0.05) is 12.1 Å². The predicted molar refractivity (Wildman–Crippen MR) is 132 cm³/mol. The fourth-order valence-corrected chi connectivity index (χ4v) is 4.72. The van der Waals surface area contributed by atoms with Crippen LogP contribution in [0.1, 0.15) is 16.7 Å². The number of hydrogen-bond donors (Lipinski definition) is 0. The first kappa shape index (κ1) is 17.9. The van der Waals surface area contributed by atoms with Crippen molar-refractivity contribution in [2.75, 3.05) is 5.01 Å². The van der Waals surface area contributed by atoms with Gasteiger partial charge in [0.25, 0.3) is 0 Å². The van der Waals surface area contributed by atoms with Crippen LogP contribution < -0.4 is 5.01 Å². The van der Waals surface area contributed by atoms with Crippen LogP contribution in [0.3, 0.4) is 0 Å². The van der Waals surface area contributed by atoms with Crippen molar-refractivity contribution in [3.05, 3.63) is 120 Å². The van der Waals surface area contributed by atoms with Gasteiger partial charge in [0.1, 0.15) is 0 Å². The van der Waals surface area contributed by atoms with Crippen LogP contribution in [0.2, 0.25) is 0 Å². The molecule has 2 aliphatic rings. The zero-order valence-corrected chi connectivity index (χ0v) is 17.1. The van der Waals surface area contributed by atoms with Crippen molar-refractivity contribution in [1.29, 1.82) is 0 Å². The molecule has 2 aliphatic carbocycles. The Morgan fingerprint density at radius 3 is 2.26 bits per heavy atom. The largest absolute Gasteiger partial charge is 0.234 e. The molecular formula is C29H22N2. The Labute approximate surface area is 182 Å². The average Bonchev–Trinajstić information content (AvgIpc) is 2.84. The molecule has 6 rings (SSSR count). The van der Waals surface area contributed by atoms with Crippen molar-refractivity contribution in [2.45, 2.75) is 6.42 Å². The molecule has 0 fully saturated rings. The number of rotatable bonds is 4. The summed E-state index contributed by atoms with van der Waals surface area (Å²) in [6.07, 6.45) is 9.96. The summed E-state index contributed by atoms with van der Waals surface area (Å²) in [5.41, 5.74) is 7.57. The molecule has 148 valence electrons. The molecule has 0 radical (unpaired) electrons. The maximum absolute atomic E-state index is 4.98. The maximum atomic E-state index is 4.98. The van der Waals surface area contributed by atoms with E-state index in [1.807, 2.05) is 17.1 Å². The summed E-state index contributed by atoms with van der Waals surface area (Å²) in [6.45, 7) is 0. The van der Waals surface area contributed by atoms with Crippen LogP contribution >= 0.6 is 0 Å². The molecule has 0 aromatic heterocycles. The third-order valence-corrected chi connectivity index (χ3v) is 6.18. The highest BCUT2D eigenvalue weighted by Gasteiger charge is 2.25. The molecule has 4 aromatic rings. The van der Waals surface area contributed by atoms with E-state index in [0.717, 1.165) is 17.8 Å². The Kier molecular flexibility index (Phi) is 4.28. The molecule has 2 nitrogen and oxygen atoms in total. The van der Waals surface area contributed by atoms with Crippen molar-refractivity contribution in [1.82, 2.24) is 0 Å². The second-order valence-electron chi connectivity index (χ2n) is 8.04. The standard InChI is InChI=1S/C29H22N2/c1-3-10-25(11-4-1)31(26-12-5-2-6-13-26)30-20-24-17-16-23-15-14-21-8-7-9-22-18-19-27(24)29(23)28(21)22/h1-17,19-20,24H,18H2/b30-20+.